The number of thiophene rings is 1. The van der Waals surface area contributed by atoms with Gasteiger partial charge < -0.3 is 0 Å². The molecule has 4 rings (SSSR count). The largest absolute Gasteiger partial charge is 0.283 e. The van der Waals surface area contributed by atoms with Gasteiger partial charge in [0, 0.05) is 4.88 Å². The van der Waals surface area contributed by atoms with E-state index in [9.17, 15) is 4.79 Å². The van der Waals surface area contributed by atoms with Crippen molar-refractivity contribution in [2.24, 2.45) is 0 Å². The molecular formula is C17H16N2OS2. The molecule has 2 aromatic heterocycles. The van der Waals surface area contributed by atoms with Crippen LogP contribution >= 0.6 is 23.1 Å². The molecule has 0 bridgehead atoms. The molecule has 0 aliphatic heterocycles. The smallest absolute Gasteiger partial charge is 0.263 e. The summed E-state index contributed by atoms with van der Waals surface area (Å²) in [5.74, 6) is 0. The minimum absolute atomic E-state index is 0.123. The Bertz CT molecular complexity index is 896. The first-order valence-corrected chi connectivity index (χ1v) is 9.45. The third-order valence-corrected chi connectivity index (χ3v) is 6.02. The van der Waals surface area contributed by atoms with Crippen molar-refractivity contribution < 1.29 is 0 Å². The van der Waals surface area contributed by atoms with Gasteiger partial charge in [0.05, 0.1) is 11.9 Å². The lowest BCUT2D eigenvalue weighted by molar-refractivity contribution is 0.659. The van der Waals surface area contributed by atoms with Gasteiger partial charge in [-0.2, -0.15) is 0 Å². The van der Waals surface area contributed by atoms with Gasteiger partial charge in [-0.05, 0) is 36.6 Å². The molecule has 112 valence electrons. The predicted octanol–water partition coefficient (Wildman–Crippen LogP) is 3.72. The number of aryl methyl sites for hydroxylation is 2. The summed E-state index contributed by atoms with van der Waals surface area (Å²) in [6.45, 7) is 0.587. The summed E-state index contributed by atoms with van der Waals surface area (Å²) in [6, 6.07) is 10.1. The van der Waals surface area contributed by atoms with Crippen molar-refractivity contribution in [3.05, 3.63) is 56.7 Å². The van der Waals surface area contributed by atoms with Crippen molar-refractivity contribution in [2.75, 3.05) is 6.26 Å². The van der Waals surface area contributed by atoms with Crippen molar-refractivity contribution >= 4 is 33.3 Å². The first-order chi connectivity index (χ1) is 10.8. The summed E-state index contributed by atoms with van der Waals surface area (Å²) >= 11 is 3.25. The topological polar surface area (TPSA) is 34.9 Å². The van der Waals surface area contributed by atoms with Crippen LogP contribution in [0.3, 0.4) is 0 Å². The summed E-state index contributed by atoms with van der Waals surface area (Å²) in [5.41, 5.74) is 2.51. The fourth-order valence-electron chi connectivity index (χ4n) is 3.12. The van der Waals surface area contributed by atoms with E-state index in [1.165, 1.54) is 16.9 Å². The number of fused-ring (bicyclic) bond motifs is 3. The van der Waals surface area contributed by atoms with E-state index in [2.05, 4.69) is 12.1 Å². The van der Waals surface area contributed by atoms with Crippen molar-refractivity contribution in [3.63, 3.8) is 0 Å². The van der Waals surface area contributed by atoms with Crippen LogP contribution in [-0.4, -0.2) is 15.8 Å². The number of thioether (sulfide) groups is 1. The zero-order chi connectivity index (χ0) is 15.1. The molecule has 0 radical (unpaired) electrons. The second kappa shape index (κ2) is 5.56. The fraction of sp³-hybridized carbons (Fsp3) is 0.294. The summed E-state index contributed by atoms with van der Waals surface area (Å²) in [7, 11) is 0. The van der Waals surface area contributed by atoms with Crippen LogP contribution in [0.4, 0.5) is 0 Å². The van der Waals surface area contributed by atoms with Gasteiger partial charge in [-0.3, -0.25) is 9.36 Å². The number of aromatic nitrogens is 2. The van der Waals surface area contributed by atoms with Gasteiger partial charge in [-0.15, -0.1) is 11.3 Å². The Labute approximate surface area is 137 Å². The maximum absolute atomic E-state index is 13.0. The molecule has 1 aliphatic carbocycles. The van der Waals surface area contributed by atoms with Crippen LogP contribution in [0.2, 0.25) is 0 Å². The van der Waals surface area contributed by atoms with Gasteiger partial charge in [0.25, 0.3) is 5.56 Å². The van der Waals surface area contributed by atoms with Crippen molar-refractivity contribution in [2.45, 2.75) is 31.0 Å². The lowest BCUT2D eigenvalue weighted by atomic mass is 10.2. The standard InChI is InChI=1S/C17H16N2OS2/c1-21-17-18-15-14(12-8-5-9-13(12)22-15)16(20)19(17)10-11-6-3-2-4-7-11/h2-4,6-7H,5,8-10H2,1H3. The van der Waals surface area contributed by atoms with Gasteiger partial charge in [0.15, 0.2) is 5.16 Å². The van der Waals surface area contributed by atoms with Crippen molar-refractivity contribution in [3.8, 4) is 0 Å². The van der Waals surface area contributed by atoms with Crippen molar-refractivity contribution in [1.29, 1.82) is 0 Å². The Morgan fingerprint density at radius 3 is 2.86 bits per heavy atom. The molecule has 0 unspecified atom stereocenters. The van der Waals surface area contributed by atoms with Gasteiger partial charge in [0.2, 0.25) is 0 Å². The molecule has 0 saturated carbocycles. The molecule has 0 amide bonds. The van der Waals surface area contributed by atoms with E-state index in [-0.39, 0.29) is 5.56 Å². The molecule has 3 aromatic rings. The molecule has 2 heterocycles. The molecule has 1 aliphatic rings. The highest BCUT2D eigenvalue weighted by molar-refractivity contribution is 7.98. The molecule has 22 heavy (non-hydrogen) atoms. The van der Waals surface area contributed by atoms with Crippen LogP contribution in [0.1, 0.15) is 22.4 Å². The number of rotatable bonds is 3. The summed E-state index contributed by atoms with van der Waals surface area (Å²) < 4.78 is 1.83. The Morgan fingerprint density at radius 1 is 1.27 bits per heavy atom. The van der Waals surface area contributed by atoms with E-state index in [0.717, 1.165) is 33.8 Å². The van der Waals surface area contributed by atoms with E-state index >= 15 is 0 Å². The average Bonchev–Trinajstić information content (AvgIpc) is 3.11. The van der Waals surface area contributed by atoms with E-state index in [0.29, 0.717) is 6.54 Å². The molecule has 5 heteroatoms. The zero-order valence-corrected chi connectivity index (χ0v) is 14.0. The Kier molecular flexibility index (Phi) is 3.54. The first-order valence-electron chi connectivity index (χ1n) is 7.41. The fourth-order valence-corrected chi connectivity index (χ4v) is 4.98. The third-order valence-electron chi connectivity index (χ3n) is 4.16. The number of nitrogens with zero attached hydrogens (tertiary/aromatic N) is 2. The quantitative estimate of drug-likeness (QED) is 0.543. The van der Waals surface area contributed by atoms with Crippen LogP contribution in [0.25, 0.3) is 10.2 Å². The molecule has 0 fully saturated rings. The first kappa shape index (κ1) is 14.0. The summed E-state index contributed by atoms with van der Waals surface area (Å²) in [5, 5.41) is 1.67. The highest BCUT2D eigenvalue weighted by Gasteiger charge is 2.23. The van der Waals surface area contributed by atoms with Gasteiger partial charge >= 0.3 is 0 Å². The average molecular weight is 328 g/mol. The Hall–Kier alpha value is -1.59. The molecular weight excluding hydrogens is 312 g/mol. The highest BCUT2D eigenvalue weighted by Crippen LogP contribution is 2.35. The maximum atomic E-state index is 13.0. The normalized spacial score (nSPS) is 13.7. The van der Waals surface area contributed by atoms with Crippen LogP contribution in [0, 0.1) is 0 Å². The van der Waals surface area contributed by atoms with E-state index in [1.807, 2.05) is 29.0 Å². The Morgan fingerprint density at radius 2 is 2.09 bits per heavy atom. The van der Waals surface area contributed by atoms with E-state index < -0.39 is 0 Å². The van der Waals surface area contributed by atoms with Crippen LogP contribution in [0.15, 0.2) is 40.3 Å². The number of benzene rings is 1. The second-order valence-electron chi connectivity index (χ2n) is 5.51. The molecule has 0 atom stereocenters. The van der Waals surface area contributed by atoms with Crippen LogP contribution in [0.5, 0.6) is 0 Å². The predicted molar refractivity (Wildman–Crippen MR) is 93.2 cm³/mol. The molecule has 0 N–H and O–H groups in total. The van der Waals surface area contributed by atoms with Gasteiger partial charge in [-0.1, -0.05) is 42.1 Å². The SMILES string of the molecule is CSc1nc2sc3c(c2c(=O)n1Cc1ccccc1)CCC3. The summed E-state index contributed by atoms with van der Waals surface area (Å²) in [4.78, 5) is 20.1. The number of hydrogen-bond donors (Lipinski definition) is 0. The highest BCUT2D eigenvalue weighted by atomic mass is 32.2. The number of hydrogen-bond acceptors (Lipinski definition) is 4. The van der Waals surface area contributed by atoms with Gasteiger partial charge in [-0.25, -0.2) is 4.98 Å². The van der Waals surface area contributed by atoms with E-state index in [1.54, 1.807) is 23.1 Å². The molecule has 3 nitrogen and oxygen atoms in total. The summed E-state index contributed by atoms with van der Waals surface area (Å²) in [6.07, 6.45) is 5.27. The second-order valence-corrected chi connectivity index (χ2v) is 7.37. The molecule has 0 saturated heterocycles. The minimum Gasteiger partial charge on any atom is -0.283 e. The zero-order valence-electron chi connectivity index (χ0n) is 12.3. The molecule has 1 aromatic carbocycles. The van der Waals surface area contributed by atoms with Crippen molar-refractivity contribution in [1.82, 2.24) is 9.55 Å². The lowest BCUT2D eigenvalue weighted by Crippen LogP contribution is -2.23. The Balaban J connectivity index is 1.93. The molecule has 0 spiro atoms. The van der Waals surface area contributed by atoms with Crippen LogP contribution < -0.4 is 5.56 Å². The monoisotopic (exact) mass is 328 g/mol. The maximum Gasteiger partial charge on any atom is 0.263 e. The van der Waals surface area contributed by atoms with E-state index in [4.69, 9.17) is 4.98 Å². The lowest BCUT2D eigenvalue weighted by Gasteiger charge is -2.11. The van der Waals surface area contributed by atoms with Crippen LogP contribution in [-0.2, 0) is 19.4 Å². The third kappa shape index (κ3) is 2.20. The minimum atomic E-state index is 0.123. The van der Waals surface area contributed by atoms with Gasteiger partial charge in [0.1, 0.15) is 4.83 Å².